The average molecular weight is 102 g/mol. The Morgan fingerprint density at radius 2 is 2.57 bits per heavy atom. The SMILES string of the molecule is CC1CCB(F)O1. The lowest BCUT2D eigenvalue weighted by Crippen LogP contribution is -2.05. The van der Waals surface area contributed by atoms with Gasteiger partial charge >= 0.3 is 7.19 Å². The maximum absolute atomic E-state index is 12.0. The zero-order valence-corrected chi connectivity index (χ0v) is 4.36. The molecule has 1 heterocycles. The zero-order valence-electron chi connectivity index (χ0n) is 4.36. The molecule has 0 spiro atoms. The number of halogens is 1. The van der Waals surface area contributed by atoms with Crippen molar-refractivity contribution in [3.63, 3.8) is 0 Å². The van der Waals surface area contributed by atoms with E-state index < -0.39 is 7.19 Å². The molecule has 0 bridgehead atoms. The lowest BCUT2D eigenvalue weighted by Gasteiger charge is -1.97. The molecule has 0 amide bonds. The van der Waals surface area contributed by atoms with Gasteiger partial charge in [-0.05, 0) is 19.7 Å². The van der Waals surface area contributed by atoms with Crippen molar-refractivity contribution in [2.45, 2.75) is 25.8 Å². The van der Waals surface area contributed by atoms with Crippen LogP contribution < -0.4 is 0 Å². The van der Waals surface area contributed by atoms with Crippen LogP contribution in [0.15, 0.2) is 0 Å². The summed E-state index contributed by atoms with van der Waals surface area (Å²) in [6, 6.07) is 0. The largest absolute Gasteiger partial charge is 0.499 e. The van der Waals surface area contributed by atoms with E-state index >= 15 is 0 Å². The van der Waals surface area contributed by atoms with Gasteiger partial charge in [0.1, 0.15) is 0 Å². The second-order valence-electron chi connectivity index (χ2n) is 1.93. The van der Waals surface area contributed by atoms with E-state index in [4.69, 9.17) is 4.65 Å². The number of hydrogen-bond donors (Lipinski definition) is 0. The number of hydrogen-bond acceptors (Lipinski definition) is 1. The minimum atomic E-state index is -0.977. The van der Waals surface area contributed by atoms with Crippen LogP contribution in [-0.4, -0.2) is 13.3 Å². The van der Waals surface area contributed by atoms with Crippen molar-refractivity contribution in [3.05, 3.63) is 0 Å². The first-order chi connectivity index (χ1) is 3.29. The molecule has 1 saturated heterocycles. The fourth-order valence-corrected chi connectivity index (χ4v) is 0.754. The van der Waals surface area contributed by atoms with Gasteiger partial charge in [-0.3, -0.25) is 4.32 Å². The molecule has 40 valence electrons. The van der Waals surface area contributed by atoms with Gasteiger partial charge < -0.3 is 4.65 Å². The highest BCUT2D eigenvalue weighted by molar-refractivity contribution is 6.44. The van der Waals surface area contributed by atoms with Gasteiger partial charge in [-0.25, -0.2) is 0 Å². The van der Waals surface area contributed by atoms with E-state index in [2.05, 4.69) is 0 Å². The first-order valence-corrected chi connectivity index (χ1v) is 2.58. The second kappa shape index (κ2) is 1.82. The molecule has 1 unspecified atom stereocenters. The van der Waals surface area contributed by atoms with Crippen molar-refractivity contribution in [3.8, 4) is 0 Å². The predicted octanol–water partition coefficient (Wildman–Crippen LogP) is 1.25. The minimum Gasteiger partial charge on any atom is -0.405 e. The van der Waals surface area contributed by atoms with Gasteiger partial charge in [0.2, 0.25) is 0 Å². The molecule has 1 aliphatic rings. The van der Waals surface area contributed by atoms with Crippen molar-refractivity contribution in [1.29, 1.82) is 0 Å². The van der Waals surface area contributed by atoms with Crippen LogP contribution in [0, 0.1) is 0 Å². The van der Waals surface area contributed by atoms with Gasteiger partial charge in [0.25, 0.3) is 0 Å². The summed E-state index contributed by atoms with van der Waals surface area (Å²) in [5, 5.41) is 0. The molecule has 0 aromatic heterocycles. The highest BCUT2D eigenvalue weighted by Crippen LogP contribution is 2.16. The van der Waals surface area contributed by atoms with Crippen LogP contribution in [0.3, 0.4) is 0 Å². The summed E-state index contributed by atoms with van der Waals surface area (Å²) in [5.74, 6) is 0. The summed E-state index contributed by atoms with van der Waals surface area (Å²) in [4.78, 5) is 0. The third-order valence-corrected chi connectivity index (χ3v) is 1.18. The Morgan fingerprint density at radius 3 is 2.71 bits per heavy atom. The van der Waals surface area contributed by atoms with Crippen molar-refractivity contribution in [2.24, 2.45) is 0 Å². The molecule has 0 N–H and O–H groups in total. The molecule has 0 aromatic rings. The van der Waals surface area contributed by atoms with E-state index in [-0.39, 0.29) is 6.10 Å². The monoisotopic (exact) mass is 102 g/mol. The van der Waals surface area contributed by atoms with Crippen LogP contribution in [0.25, 0.3) is 0 Å². The summed E-state index contributed by atoms with van der Waals surface area (Å²) in [7, 11) is -0.977. The summed E-state index contributed by atoms with van der Waals surface area (Å²) in [6.07, 6.45) is 1.61. The fraction of sp³-hybridized carbons (Fsp3) is 1.00. The van der Waals surface area contributed by atoms with Gasteiger partial charge in [0, 0.05) is 6.10 Å². The molecular formula is C4H8BFO. The van der Waals surface area contributed by atoms with Gasteiger partial charge in [0.15, 0.2) is 0 Å². The second-order valence-corrected chi connectivity index (χ2v) is 1.93. The Morgan fingerprint density at radius 1 is 1.86 bits per heavy atom. The van der Waals surface area contributed by atoms with Gasteiger partial charge in [-0.1, -0.05) is 0 Å². The van der Waals surface area contributed by atoms with E-state index in [0.29, 0.717) is 6.32 Å². The molecule has 1 fully saturated rings. The smallest absolute Gasteiger partial charge is 0.405 e. The molecule has 1 aliphatic heterocycles. The van der Waals surface area contributed by atoms with Crippen LogP contribution in [0.5, 0.6) is 0 Å². The van der Waals surface area contributed by atoms with Crippen LogP contribution in [0.1, 0.15) is 13.3 Å². The molecule has 0 aliphatic carbocycles. The van der Waals surface area contributed by atoms with Crippen LogP contribution in [-0.2, 0) is 4.65 Å². The first kappa shape index (κ1) is 5.10. The van der Waals surface area contributed by atoms with E-state index in [0.717, 1.165) is 6.42 Å². The van der Waals surface area contributed by atoms with Crippen molar-refractivity contribution in [1.82, 2.24) is 0 Å². The average Bonchev–Trinajstić information content (AvgIpc) is 1.87. The Kier molecular flexibility index (Phi) is 1.33. The predicted molar refractivity (Wildman–Crippen MR) is 26.8 cm³/mol. The quantitative estimate of drug-likeness (QED) is 0.418. The van der Waals surface area contributed by atoms with Crippen LogP contribution >= 0.6 is 0 Å². The molecular weight excluding hydrogens is 93.9 g/mol. The third kappa shape index (κ3) is 1.16. The van der Waals surface area contributed by atoms with Gasteiger partial charge in [-0.15, -0.1) is 0 Å². The maximum atomic E-state index is 12.0. The zero-order chi connectivity index (χ0) is 5.28. The Balaban J connectivity index is 2.26. The van der Waals surface area contributed by atoms with E-state index in [1.165, 1.54) is 0 Å². The highest BCUT2D eigenvalue weighted by atomic mass is 19.1. The third-order valence-electron chi connectivity index (χ3n) is 1.18. The minimum absolute atomic E-state index is 0.148. The first-order valence-electron chi connectivity index (χ1n) is 2.58. The highest BCUT2D eigenvalue weighted by Gasteiger charge is 2.26. The molecule has 1 rings (SSSR count). The van der Waals surface area contributed by atoms with E-state index in [1.807, 2.05) is 6.92 Å². The van der Waals surface area contributed by atoms with Crippen molar-refractivity contribution in [2.75, 3.05) is 0 Å². The van der Waals surface area contributed by atoms with Crippen LogP contribution in [0.4, 0.5) is 4.32 Å². The Hall–Kier alpha value is -0.0451. The Bertz CT molecular complexity index is 60.7. The molecule has 0 aromatic carbocycles. The maximum Gasteiger partial charge on any atom is 0.499 e. The summed E-state index contributed by atoms with van der Waals surface area (Å²) in [5.41, 5.74) is 0. The summed E-state index contributed by atoms with van der Waals surface area (Å²) >= 11 is 0. The number of rotatable bonds is 0. The topological polar surface area (TPSA) is 9.23 Å². The molecule has 7 heavy (non-hydrogen) atoms. The fourth-order valence-electron chi connectivity index (χ4n) is 0.754. The summed E-state index contributed by atoms with van der Waals surface area (Å²) in [6.45, 7) is 1.89. The lowest BCUT2D eigenvalue weighted by molar-refractivity contribution is 0.236. The van der Waals surface area contributed by atoms with E-state index in [1.54, 1.807) is 0 Å². The van der Waals surface area contributed by atoms with E-state index in [9.17, 15) is 4.32 Å². The standard InChI is InChI=1S/C4H8BFO/c1-4-2-3-5(6)7-4/h4H,2-3H2,1H3. The molecule has 0 radical (unpaired) electrons. The molecule has 3 heteroatoms. The van der Waals surface area contributed by atoms with Crippen molar-refractivity contribution >= 4 is 7.19 Å². The van der Waals surface area contributed by atoms with Gasteiger partial charge in [-0.2, -0.15) is 0 Å². The summed E-state index contributed by atoms with van der Waals surface area (Å²) < 4.78 is 16.6. The molecule has 1 nitrogen and oxygen atoms in total. The van der Waals surface area contributed by atoms with Crippen LogP contribution in [0.2, 0.25) is 6.32 Å². The normalized spacial score (nSPS) is 31.7. The Labute approximate surface area is 43.0 Å². The molecule has 1 atom stereocenters. The lowest BCUT2D eigenvalue weighted by atomic mass is 9.91. The van der Waals surface area contributed by atoms with Gasteiger partial charge in [0.05, 0.1) is 0 Å². The molecule has 0 saturated carbocycles. The van der Waals surface area contributed by atoms with Crippen molar-refractivity contribution < 1.29 is 8.97 Å².